The molecule has 1 saturated heterocycles. The molecule has 1 aliphatic heterocycles. The van der Waals surface area contributed by atoms with Gasteiger partial charge in [0.15, 0.2) is 0 Å². The van der Waals surface area contributed by atoms with Crippen LogP contribution in [-0.4, -0.2) is 28.3 Å². The summed E-state index contributed by atoms with van der Waals surface area (Å²) in [6, 6.07) is 0. The number of thioether (sulfide) groups is 1. The van der Waals surface area contributed by atoms with Crippen LogP contribution in [0.15, 0.2) is 0 Å². The van der Waals surface area contributed by atoms with Crippen LogP contribution in [-0.2, 0) is 4.79 Å². The molecule has 1 aliphatic carbocycles. The molecule has 1 amide bonds. The summed E-state index contributed by atoms with van der Waals surface area (Å²) in [4.78, 5) is 11.8. The van der Waals surface area contributed by atoms with Gasteiger partial charge in [-0.2, -0.15) is 0 Å². The number of rotatable bonds is 3. The van der Waals surface area contributed by atoms with Gasteiger partial charge in [-0.1, -0.05) is 0 Å². The van der Waals surface area contributed by atoms with Crippen molar-refractivity contribution in [2.75, 3.05) is 11.6 Å². The molecule has 0 bridgehead atoms. The van der Waals surface area contributed by atoms with Gasteiger partial charge in [0.1, 0.15) is 0 Å². The number of hydrogen-bond donors (Lipinski definition) is 1. The minimum absolute atomic E-state index is 0.0538. The zero-order valence-electron chi connectivity index (χ0n) is 8.22. The Labute approximate surface area is 94.1 Å². The number of alkyl halides is 1. The zero-order chi connectivity index (χ0) is 10.0. The molecule has 0 spiro atoms. The van der Waals surface area contributed by atoms with Crippen LogP contribution in [0.25, 0.3) is 0 Å². The van der Waals surface area contributed by atoms with Crippen LogP contribution >= 0.6 is 23.4 Å². The SMILES string of the molecule is O=C(NC1(CCl)CCC1)C1CCCS1. The van der Waals surface area contributed by atoms with Crippen LogP contribution in [0, 0.1) is 0 Å². The summed E-state index contributed by atoms with van der Waals surface area (Å²) < 4.78 is 0. The topological polar surface area (TPSA) is 29.1 Å². The van der Waals surface area contributed by atoms with E-state index in [0.29, 0.717) is 5.88 Å². The van der Waals surface area contributed by atoms with Gasteiger partial charge in [-0.25, -0.2) is 0 Å². The minimum Gasteiger partial charge on any atom is -0.349 e. The molecular weight excluding hydrogens is 218 g/mol. The summed E-state index contributed by atoms with van der Waals surface area (Å²) in [5.41, 5.74) is -0.0538. The Morgan fingerprint density at radius 2 is 2.29 bits per heavy atom. The highest BCUT2D eigenvalue weighted by Crippen LogP contribution is 2.34. The van der Waals surface area contributed by atoms with Gasteiger partial charge >= 0.3 is 0 Å². The van der Waals surface area contributed by atoms with Gasteiger partial charge in [0.05, 0.1) is 10.8 Å². The molecule has 1 atom stereocenters. The largest absolute Gasteiger partial charge is 0.349 e. The lowest BCUT2D eigenvalue weighted by molar-refractivity contribution is -0.123. The van der Waals surface area contributed by atoms with E-state index in [-0.39, 0.29) is 16.7 Å². The highest BCUT2D eigenvalue weighted by molar-refractivity contribution is 8.00. The molecule has 0 aromatic heterocycles. The molecule has 80 valence electrons. The fourth-order valence-electron chi connectivity index (χ4n) is 2.02. The molecule has 2 nitrogen and oxygen atoms in total. The van der Waals surface area contributed by atoms with Gasteiger partial charge in [-0.3, -0.25) is 4.79 Å². The Balaban J connectivity index is 1.86. The first-order valence-corrected chi connectivity index (χ1v) is 6.84. The highest BCUT2D eigenvalue weighted by Gasteiger charge is 2.39. The molecule has 1 heterocycles. The van der Waals surface area contributed by atoms with E-state index in [4.69, 9.17) is 11.6 Å². The van der Waals surface area contributed by atoms with Crippen molar-refractivity contribution in [2.24, 2.45) is 0 Å². The van der Waals surface area contributed by atoms with Gasteiger partial charge in [-0.15, -0.1) is 23.4 Å². The smallest absolute Gasteiger partial charge is 0.233 e. The third kappa shape index (κ3) is 2.03. The van der Waals surface area contributed by atoms with Crippen molar-refractivity contribution in [3.8, 4) is 0 Å². The van der Waals surface area contributed by atoms with Crippen LogP contribution in [0.3, 0.4) is 0 Å². The number of amides is 1. The average molecular weight is 234 g/mol. The number of hydrogen-bond acceptors (Lipinski definition) is 2. The van der Waals surface area contributed by atoms with E-state index in [2.05, 4.69) is 5.32 Å². The Morgan fingerprint density at radius 1 is 1.50 bits per heavy atom. The van der Waals surface area contributed by atoms with Crippen molar-refractivity contribution in [3.05, 3.63) is 0 Å². The summed E-state index contributed by atoms with van der Waals surface area (Å²) in [7, 11) is 0. The number of carbonyl (C=O) groups is 1. The molecule has 14 heavy (non-hydrogen) atoms. The van der Waals surface area contributed by atoms with Crippen LogP contribution in [0.5, 0.6) is 0 Å². The third-order valence-corrected chi connectivity index (χ3v) is 5.07. The molecule has 0 aromatic carbocycles. The fourth-order valence-corrected chi connectivity index (χ4v) is 3.52. The lowest BCUT2D eigenvalue weighted by atomic mass is 9.78. The normalized spacial score (nSPS) is 29.6. The molecule has 0 radical (unpaired) electrons. The van der Waals surface area contributed by atoms with E-state index in [1.54, 1.807) is 11.8 Å². The third-order valence-electron chi connectivity index (χ3n) is 3.18. The van der Waals surface area contributed by atoms with Gasteiger partial charge < -0.3 is 5.32 Å². The first-order chi connectivity index (χ1) is 6.76. The Kier molecular flexibility index (Phi) is 3.27. The predicted octanol–water partition coefficient (Wildman–Crippen LogP) is 2.16. The average Bonchev–Trinajstić information content (AvgIpc) is 2.63. The van der Waals surface area contributed by atoms with E-state index in [9.17, 15) is 4.79 Å². The van der Waals surface area contributed by atoms with Gasteiger partial charge in [0.25, 0.3) is 0 Å². The fraction of sp³-hybridized carbons (Fsp3) is 0.900. The van der Waals surface area contributed by atoms with Crippen LogP contribution in [0.4, 0.5) is 0 Å². The first-order valence-electron chi connectivity index (χ1n) is 5.25. The van der Waals surface area contributed by atoms with Crippen molar-refractivity contribution >= 4 is 29.3 Å². The standard InChI is InChI=1S/C10H16ClNOS/c11-7-10(4-2-5-10)12-9(13)8-3-1-6-14-8/h8H,1-7H2,(H,12,13). The van der Waals surface area contributed by atoms with E-state index in [1.807, 2.05) is 0 Å². The molecule has 1 saturated carbocycles. The van der Waals surface area contributed by atoms with Gasteiger partial charge in [0, 0.05) is 5.88 Å². The van der Waals surface area contributed by atoms with Crippen molar-refractivity contribution < 1.29 is 4.79 Å². The van der Waals surface area contributed by atoms with Crippen molar-refractivity contribution in [2.45, 2.75) is 42.9 Å². The number of nitrogens with one attached hydrogen (secondary N) is 1. The van der Waals surface area contributed by atoms with Crippen LogP contribution in [0.1, 0.15) is 32.1 Å². The van der Waals surface area contributed by atoms with Crippen molar-refractivity contribution in [1.82, 2.24) is 5.32 Å². The zero-order valence-corrected chi connectivity index (χ0v) is 9.79. The van der Waals surface area contributed by atoms with E-state index in [0.717, 1.165) is 25.0 Å². The Hall–Kier alpha value is 0.110. The maximum absolute atomic E-state index is 11.8. The predicted molar refractivity (Wildman–Crippen MR) is 60.9 cm³/mol. The van der Waals surface area contributed by atoms with Crippen molar-refractivity contribution in [3.63, 3.8) is 0 Å². The second kappa shape index (κ2) is 4.31. The van der Waals surface area contributed by atoms with Crippen LogP contribution < -0.4 is 5.32 Å². The lowest BCUT2D eigenvalue weighted by Crippen LogP contribution is -2.56. The Bertz CT molecular complexity index is 219. The van der Waals surface area contributed by atoms with Gasteiger partial charge in [0.2, 0.25) is 5.91 Å². The highest BCUT2D eigenvalue weighted by atomic mass is 35.5. The second-order valence-corrected chi connectivity index (χ2v) is 5.84. The molecule has 1 unspecified atom stereocenters. The van der Waals surface area contributed by atoms with E-state index < -0.39 is 0 Å². The number of halogens is 1. The van der Waals surface area contributed by atoms with Crippen LogP contribution in [0.2, 0.25) is 0 Å². The summed E-state index contributed by atoms with van der Waals surface area (Å²) in [5.74, 6) is 1.91. The summed E-state index contributed by atoms with van der Waals surface area (Å²) in [6.45, 7) is 0. The van der Waals surface area contributed by atoms with Gasteiger partial charge in [-0.05, 0) is 37.9 Å². The van der Waals surface area contributed by atoms with Crippen molar-refractivity contribution in [1.29, 1.82) is 0 Å². The molecule has 2 fully saturated rings. The molecule has 2 aliphatic rings. The molecule has 0 aromatic rings. The Morgan fingerprint density at radius 3 is 2.71 bits per heavy atom. The number of carbonyl (C=O) groups excluding carboxylic acids is 1. The minimum atomic E-state index is -0.0538. The molecule has 4 heteroatoms. The molecular formula is C10H16ClNOS. The maximum Gasteiger partial charge on any atom is 0.233 e. The summed E-state index contributed by atoms with van der Waals surface area (Å²) in [6.07, 6.45) is 5.52. The van der Waals surface area contributed by atoms with E-state index in [1.165, 1.54) is 12.8 Å². The molecule has 1 N–H and O–H groups in total. The quantitative estimate of drug-likeness (QED) is 0.757. The second-order valence-electron chi connectivity index (χ2n) is 4.26. The first kappa shape index (κ1) is 10.6. The van der Waals surface area contributed by atoms with E-state index >= 15 is 0 Å². The maximum atomic E-state index is 11.8. The summed E-state index contributed by atoms with van der Waals surface area (Å²) in [5, 5.41) is 3.32. The summed E-state index contributed by atoms with van der Waals surface area (Å²) >= 11 is 7.67. The monoisotopic (exact) mass is 233 g/mol. The molecule has 2 rings (SSSR count). The lowest BCUT2D eigenvalue weighted by Gasteiger charge is -2.41.